The first-order valence-corrected chi connectivity index (χ1v) is 9.75. The first kappa shape index (κ1) is 19.3. The zero-order chi connectivity index (χ0) is 20.9. The van der Waals surface area contributed by atoms with E-state index in [2.05, 4.69) is 27.5 Å². The van der Waals surface area contributed by atoms with Crippen LogP contribution in [-0.4, -0.2) is 26.3 Å². The Balaban J connectivity index is 1.49. The minimum absolute atomic E-state index is 0.259. The highest BCUT2D eigenvalue weighted by Gasteiger charge is 2.14. The predicted octanol–water partition coefficient (Wildman–Crippen LogP) is 4.35. The van der Waals surface area contributed by atoms with Crippen LogP contribution in [0.25, 0.3) is 11.0 Å². The van der Waals surface area contributed by atoms with Gasteiger partial charge in [-0.15, -0.1) is 0 Å². The molecule has 0 fully saturated rings. The molecule has 0 aliphatic carbocycles. The van der Waals surface area contributed by atoms with E-state index in [0.717, 1.165) is 24.0 Å². The van der Waals surface area contributed by atoms with Gasteiger partial charge in [-0.25, -0.2) is 4.98 Å². The molecule has 2 amide bonds. The third kappa shape index (κ3) is 4.05. The molecule has 0 saturated heterocycles. The Kier molecular flexibility index (Phi) is 5.52. The maximum atomic E-state index is 12.7. The van der Waals surface area contributed by atoms with Gasteiger partial charge in [0.25, 0.3) is 11.8 Å². The van der Waals surface area contributed by atoms with E-state index in [-0.39, 0.29) is 11.8 Å². The lowest BCUT2D eigenvalue weighted by Gasteiger charge is -2.09. The molecule has 0 saturated carbocycles. The van der Waals surface area contributed by atoms with E-state index in [1.165, 1.54) is 0 Å². The van der Waals surface area contributed by atoms with Crippen LogP contribution < -0.4 is 10.6 Å². The Morgan fingerprint density at radius 2 is 1.67 bits per heavy atom. The average molecular weight is 399 g/mol. The number of para-hydroxylation sites is 2. The molecule has 30 heavy (non-hydrogen) atoms. The van der Waals surface area contributed by atoms with Gasteiger partial charge in [0.15, 0.2) is 0 Å². The van der Waals surface area contributed by atoms with E-state index in [1.54, 1.807) is 48.7 Å². The summed E-state index contributed by atoms with van der Waals surface area (Å²) in [4.78, 5) is 33.5. The summed E-state index contributed by atoms with van der Waals surface area (Å²) in [5.74, 6) is -0.0399. The highest BCUT2D eigenvalue weighted by Crippen LogP contribution is 2.21. The molecule has 150 valence electrons. The highest BCUT2D eigenvalue weighted by molar-refractivity contribution is 6.05. The fourth-order valence-electron chi connectivity index (χ4n) is 3.19. The summed E-state index contributed by atoms with van der Waals surface area (Å²) in [6.07, 6.45) is 2.49. The lowest BCUT2D eigenvalue weighted by atomic mass is 10.2. The second kappa shape index (κ2) is 8.57. The molecule has 2 N–H and O–H groups in total. The number of hydrogen-bond donors (Lipinski definition) is 2. The Morgan fingerprint density at radius 3 is 2.40 bits per heavy atom. The van der Waals surface area contributed by atoms with Crippen LogP contribution in [0.3, 0.4) is 0 Å². The summed E-state index contributed by atoms with van der Waals surface area (Å²) in [7, 11) is 0. The van der Waals surface area contributed by atoms with Gasteiger partial charge in [0.05, 0.1) is 11.0 Å². The molecule has 0 atom stereocenters. The number of fused-ring (bicyclic) bond motifs is 1. The van der Waals surface area contributed by atoms with E-state index in [1.807, 2.05) is 28.8 Å². The number of imidazole rings is 1. The zero-order valence-corrected chi connectivity index (χ0v) is 16.5. The standard InChI is InChI=1S/C23H21N5O2/c1-2-15-28-20-9-4-3-7-18(20)26-23(28)27-21(29)16-10-12-17(13-11-16)25-22(30)19-8-5-6-14-24-19/h3-14H,2,15H2,1H3,(H,25,30)(H,26,27,29). The van der Waals surface area contributed by atoms with Crippen molar-refractivity contribution in [2.75, 3.05) is 10.6 Å². The summed E-state index contributed by atoms with van der Waals surface area (Å²) >= 11 is 0. The topological polar surface area (TPSA) is 88.9 Å². The van der Waals surface area contributed by atoms with Crippen LogP contribution in [0, 0.1) is 0 Å². The van der Waals surface area contributed by atoms with E-state index >= 15 is 0 Å². The van der Waals surface area contributed by atoms with Crippen LogP contribution in [0.2, 0.25) is 0 Å². The van der Waals surface area contributed by atoms with Crippen molar-refractivity contribution in [1.29, 1.82) is 0 Å². The molecule has 0 aliphatic rings. The summed E-state index contributed by atoms with van der Waals surface area (Å²) < 4.78 is 2.01. The quantitative estimate of drug-likeness (QED) is 0.505. The largest absolute Gasteiger partial charge is 0.321 e. The van der Waals surface area contributed by atoms with Crippen molar-refractivity contribution in [3.05, 3.63) is 84.2 Å². The number of amides is 2. The third-order valence-electron chi connectivity index (χ3n) is 4.63. The average Bonchev–Trinajstić information content (AvgIpc) is 3.12. The van der Waals surface area contributed by atoms with Gasteiger partial charge in [-0.3, -0.25) is 19.9 Å². The molecule has 0 unspecified atom stereocenters. The molecule has 2 aromatic carbocycles. The molecular formula is C23H21N5O2. The maximum Gasteiger partial charge on any atom is 0.274 e. The van der Waals surface area contributed by atoms with Crippen molar-refractivity contribution in [2.45, 2.75) is 19.9 Å². The third-order valence-corrected chi connectivity index (χ3v) is 4.63. The fourth-order valence-corrected chi connectivity index (χ4v) is 3.19. The molecular weight excluding hydrogens is 378 g/mol. The number of rotatable bonds is 6. The van der Waals surface area contributed by atoms with Crippen molar-refractivity contribution in [3.63, 3.8) is 0 Å². The zero-order valence-electron chi connectivity index (χ0n) is 16.5. The number of benzene rings is 2. The van der Waals surface area contributed by atoms with Gasteiger partial charge in [0, 0.05) is 24.0 Å². The number of pyridine rings is 1. The molecule has 2 heterocycles. The van der Waals surface area contributed by atoms with Crippen LogP contribution in [0.1, 0.15) is 34.2 Å². The number of anilines is 2. The van der Waals surface area contributed by atoms with E-state index < -0.39 is 0 Å². The van der Waals surface area contributed by atoms with Crippen LogP contribution >= 0.6 is 0 Å². The van der Waals surface area contributed by atoms with Crippen LogP contribution in [-0.2, 0) is 6.54 Å². The maximum absolute atomic E-state index is 12.7. The smallest absolute Gasteiger partial charge is 0.274 e. The number of carbonyl (C=O) groups is 2. The van der Waals surface area contributed by atoms with Gasteiger partial charge in [-0.2, -0.15) is 0 Å². The van der Waals surface area contributed by atoms with Gasteiger partial charge in [-0.05, 0) is 55.0 Å². The molecule has 7 nitrogen and oxygen atoms in total. The Labute approximate surface area is 173 Å². The summed E-state index contributed by atoms with van der Waals surface area (Å²) in [5.41, 5.74) is 3.21. The Morgan fingerprint density at radius 1 is 0.900 bits per heavy atom. The number of carbonyl (C=O) groups excluding carboxylic acids is 2. The van der Waals surface area contributed by atoms with Crippen molar-refractivity contribution in [1.82, 2.24) is 14.5 Å². The van der Waals surface area contributed by atoms with Gasteiger partial charge >= 0.3 is 0 Å². The van der Waals surface area contributed by atoms with Crippen molar-refractivity contribution in [2.24, 2.45) is 0 Å². The predicted molar refractivity (Wildman–Crippen MR) is 117 cm³/mol. The second-order valence-electron chi connectivity index (χ2n) is 6.78. The highest BCUT2D eigenvalue weighted by atomic mass is 16.2. The fraction of sp³-hybridized carbons (Fsp3) is 0.130. The summed E-state index contributed by atoms with van der Waals surface area (Å²) in [5, 5.41) is 5.67. The SMILES string of the molecule is CCCn1c(NC(=O)c2ccc(NC(=O)c3ccccn3)cc2)nc2ccccc21. The molecule has 7 heteroatoms. The molecule has 0 spiro atoms. The number of nitrogens with one attached hydrogen (secondary N) is 2. The number of aryl methyl sites for hydroxylation is 1. The number of aromatic nitrogens is 3. The van der Waals surface area contributed by atoms with Gasteiger partial charge in [-0.1, -0.05) is 25.1 Å². The first-order valence-electron chi connectivity index (χ1n) is 9.75. The van der Waals surface area contributed by atoms with E-state index in [0.29, 0.717) is 22.9 Å². The van der Waals surface area contributed by atoms with Crippen molar-refractivity contribution < 1.29 is 9.59 Å². The monoisotopic (exact) mass is 399 g/mol. The molecule has 0 aliphatic heterocycles. The van der Waals surface area contributed by atoms with Crippen molar-refractivity contribution in [3.8, 4) is 0 Å². The molecule has 4 rings (SSSR count). The van der Waals surface area contributed by atoms with Crippen LogP contribution in [0.4, 0.5) is 11.6 Å². The van der Waals surface area contributed by atoms with Crippen molar-refractivity contribution >= 4 is 34.5 Å². The summed E-state index contributed by atoms with van der Waals surface area (Å²) in [6, 6.07) is 19.6. The summed E-state index contributed by atoms with van der Waals surface area (Å²) in [6.45, 7) is 2.84. The van der Waals surface area contributed by atoms with Gasteiger partial charge < -0.3 is 9.88 Å². The molecule has 2 aromatic heterocycles. The Bertz CT molecular complexity index is 1180. The van der Waals surface area contributed by atoms with Gasteiger partial charge in [0.2, 0.25) is 5.95 Å². The van der Waals surface area contributed by atoms with Crippen LogP contribution in [0.15, 0.2) is 72.9 Å². The van der Waals surface area contributed by atoms with E-state index in [9.17, 15) is 9.59 Å². The lowest BCUT2D eigenvalue weighted by Crippen LogP contribution is -2.16. The van der Waals surface area contributed by atoms with Crippen LogP contribution in [0.5, 0.6) is 0 Å². The second-order valence-corrected chi connectivity index (χ2v) is 6.78. The molecule has 4 aromatic rings. The number of hydrogen-bond acceptors (Lipinski definition) is 4. The molecule has 0 radical (unpaired) electrons. The lowest BCUT2D eigenvalue weighted by molar-refractivity contribution is 0.101. The Hall–Kier alpha value is -4.00. The van der Waals surface area contributed by atoms with E-state index in [4.69, 9.17) is 0 Å². The van der Waals surface area contributed by atoms with Gasteiger partial charge in [0.1, 0.15) is 5.69 Å². The number of nitrogens with zero attached hydrogens (tertiary/aromatic N) is 3. The first-order chi connectivity index (χ1) is 14.7. The normalized spacial score (nSPS) is 10.7. The molecule has 0 bridgehead atoms. The minimum Gasteiger partial charge on any atom is -0.321 e. The minimum atomic E-state index is -0.305.